The van der Waals surface area contributed by atoms with Gasteiger partial charge in [-0.25, -0.2) is 0 Å². The van der Waals surface area contributed by atoms with Gasteiger partial charge in [0.2, 0.25) is 0 Å². The predicted octanol–water partition coefficient (Wildman–Crippen LogP) is 2.75. The monoisotopic (exact) mass is 443 g/mol. The van der Waals surface area contributed by atoms with Crippen LogP contribution >= 0.6 is 35.6 Å². The topological polar surface area (TPSA) is 78.1 Å². The molecule has 0 spiro atoms. The molecular weight excluding hydrogens is 421 g/mol. The van der Waals surface area contributed by atoms with Gasteiger partial charge in [-0.2, -0.15) is 0 Å². The summed E-state index contributed by atoms with van der Waals surface area (Å²) in [6, 6.07) is 5.32. The van der Waals surface area contributed by atoms with Crippen LogP contribution < -0.4 is 15.8 Å². The SMILES string of the molecule is COCCOCCCN=C(N)Nc1ccc(OC)c(Cl)c1.I. The van der Waals surface area contributed by atoms with Crippen LogP contribution in [0.1, 0.15) is 6.42 Å². The van der Waals surface area contributed by atoms with Crippen molar-refractivity contribution in [2.45, 2.75) is 6.42 Å². The first-order valence-corrected chi connectivity index (χ1v) is 7.02. The zero-order chi connectivity index (χ0) is 15.5. The van der Waals surface area contributed by atoms with E-state index in [-0.39, 0.29) is 24.0 Å². The zero-order valence-corrected chi connectivity index (χ0v) is 15.9. The van der Waals surface area contributed by atoms with Gasteiger partial charge in [-0.05, 0) is 24.6 Å². The fraction of sp³-hybridized carbons (Fsp3) is 0.500. The van der Waals surface area contributed by atoms with E-state index in [1.54, 1.807) is 26.4 Å². The normalized spacial score (nSPS) is 11.0. The Hall–Kier alpha value is -0.770. The Kier molecular flexibility index (Phi) is 12.3. The highest BCUT2D eigenvalue weighted by molar-refractivity contribution is 14.0. The summed E-state index contributed by atoms with van der Waals surface area (Å²) in [7, 11) is 3.21. The average molecular weight is 444 g/mol. The molecule has 1 aromatic carbocycles. The second-order valence-corrected chi connectivity index (χ2v) is 4.61. The molecule has 0 radical (unpaired) electrons. The summed E-state index contributed by atoms with van der Waals surface area (Å²) in [5.74, 6) is 0.957. The van der Waals surface area contributed by atoms with Crippen LogP contribution in [0, 0.1) is 0 Å². The number of methoxy groups -OCH3 is 2. The summed E-state index contributed by atoms with van der Waals surface area (Å²) in [5, 5.41) is 3.49. The first-order chi connectivity index (χ1) is 10.2. The van der Waals surface area contributed by atoms with Crippen molar-refractivity contribution in [1.82, 2.24) is 0 Å². The lowest BCUT2D eigenvalue weighted by atomic mass is 10.3. The maximum Gasteiger partial charge on any atom is 0.193 e. The molecule has 22 heavy (non-hydrogen) atoms. The molecular formula is C14H23ClIN3O3. The minimum Gasteiger partial charge on any atom is -0.495 e. The van der Waals surface area contributed by atoms with Crippen LogP contribution in [0.25, 0.3) is 0 Å². The van der Waals surface area contributed by atoms with Gasteiger partial charge in [-0.1, -0.05) is 11.6 Å². The molecule has 0 aliphatic heterocycles. The number of halogens is 2. The molecule has 0 atom stereocenters. The Morgan fingerprint density at radius 1 is 1.27 bits per heavy atom. The van der Waals surface area contributed by atoms with Gasteiger partial charge in [-0.15, -0.1) is 24.0 Å². The van der Waals surface area contributed by atoms with Crippen molar-refractivity contribution < 1.29 is 14.2 Å². The summed E-state index contributed by atoms with van der Waals surface area (Å²) in [6.45, 7) is 2.42. The molecule has 0 saturated heterocycles. The number of nitrogens with zero attached hydrogens (tertiary/aromatic N) is 1. The number of aliphatic imine (C=N–C) groups is 1. The zero-order valence-electron chi connectivity index (χ0n) is 12.8. The quantitative estimate of drug-likeness (QED) is 0.266. The van der Waals surface area contributed by atoms with Crippen LogP contribution in [-0.2, 0) is 9.47 Å². The molecule has 6 nitrogen and oxygen atoms in total. The minimum atomic E-state index is 0. The lowest BCUT2D eigenvalue weighted by molar-refractivity contribution is 0.0702. The van der Waals surface area contributed by atoms with Gasteiger partial charge in [0, 0.05) is 25.9 Å². The number of guanidine groups is 1. The lowest BCUT2D eigenvalue weighted by Gasteiger charge is -2.08. The van der Waals surface area contributed by atoms with Crippen LogP contribution in [0.4, 0.5) is 5.69 Å². The fourth-order valence-corrected chi connectivity index (χ4v) is 1.80. The van der Waals surface area contributed by atoms with Gasteiger partial charge < -0.3 is 25.3 Å². The molecule has 0 aliphatic rings. The second kappa shape index (κ2) is 12.7. The third-order valence-corrected chi connectivity index (χ3v) is 2.88. The van der Waals surface area contributed by atoms with E-state index in [2.05, 4.69) is 10.3 Å². The number of ether oxygens (including phenoxy) is 3. The van der Waals surface area contributed by atoms with Gasteiger partial charge in [0.25, 0.3) is 0 Å². The van der Waals surface area contributed by atoms with E-state index < -0.39 is 0 Å². The van der Waals surface area contributed by atoms with Crippen molar-refractivity contribution >= 4 is 47.2 Å². The summed E-state index contributed by atoms with van der Waals surface area (Å²) in [6.07, 6.45) is 0.801. The number of benzene rings is 1. The van der Waals surface area contributed by atoms with E-state index in [1.165, 1.54) is 0 Å². The summed E-state index contributed by atoms with van der Waals surface area (Å²) >= 11 is 6.03. The van der Waals surface area contributed by atoms with Gasteiger partial charge in [0.1, 0.15) is 5.75 Å². The maximum absolute atomic E-state index is 6.03. The van der Waals surface area contributed by atoms with E-state index >= 15 is 0 Å². The van der Waals surface area contributed by atoms with Gasteiger partial charge in [0.05, 0.1) is 25.3 Å². The van der Waals surface area contributed by atoms with Gasteiger partial charge in [0.15, 0.2) is 5.96 Å². The molecule has 1 rings (SSSR count). The van der Waals surface area contributed by atoms with E-state index in [4.69, 9.17) is 31.5 Å². The smallest absolute Gasteiger partial charge is 0.193 e. The second-order valence-electron chi connectivity index (χ2n) is 4.20. The molecule has 126 valence electrons. The third kappa shape index (κ3) is 8.62. The van der Waals surface area contributed by atoms with Crippen molar-refractivity contribution in [3.63, 3.8) is 0 Å². The van der Waals surface area contributed by atoms with Crippen molar-refractivity contribution in [2.24, 2.45) is 10.7 Å². The van der Waals surface area contributed by atoms with E-state index in [0.717, 1.165) is 12.1 Å². The number of hydrogen-bond donors (Lipinski definition) is 2. The van der Waals surface area contributed by atoms with Crippen molar-refractivity contribution in [2.75, 3.05) is 45.9 Å². The van der Waals surface area contributed by atoms with Crippen LogP contribution in [-0.4, -0.2) is 46.5 Å². The molecule has 0 aromatic heterocycles. The molecule has 0 amide bonds. The number of hydrogen-bond acceptors (Lipinski definition) is 4. The Balaban J connectivity index is 0.00000441. The van der Waals surface area contributed by atoms with Crippen LogP contribution in [0.2, 0.25) is 5.02 Å². The Labute approximate surface area is 153 Å². The molecule has 1 aromatic rings. The highest BCUT2D eigenvalue weighted by Gasteiger charge is 2.02. The first kappa shape index (κ1) is 21.2. The maximum atomic E-state index is 6.03. The standard InChI is InChI=1S/C14H22ClN3O3.HI/c1-19-8-9-21-7-3-6-17-14(16)18-11-4-5-13(20-2)12(15)10-11;/h4-5,10H,3,6-9H2,1-2H3,(H3,16,17,18);1H. The fourth-order valence-electron chi connectivity index (χ4n) is 1.54. The molecule has 8 heteroatoms. The van der Waals surface area contributed by atoms with Crippen molar-refractivity contribution in [3.05, 3.63) is 23.2 Å². The average Bonchev–Trinajstić information content (AvgIpc) is 2.46. The predicted molar refractivity (Wildman–Crippen MR) is 101 cm³/mol. The molecule has 0 bridgehead atoms. The van der Waals surface area contributed by atoms with E-state index in [1.807, 2.05) is 6.07 Å². The molecule has 0 heterocycles. The van der Waals surface area contributed by atoms with E-state index in [9.17, 15) is 0 Å². The van der Waals surface area contributed by atoms with Crippen molar-refractivity contribution in [1.29, 1.82) is 0 Å². The number of anilines is 1. The first-order valence-electron chi connectivity index (χ1n) is 6.64. The van der Waals surface area contributed by atoms with E-state index in [0.29, 0.717) is 43.1 Å². The summed E-state index contributed by atoms with van der Waals surface area (Å²) < 4.78 is 15.3. The van der Waals surface area contributed by atoms with Crippen LogP contribution in [0.3, 0.4) is 0 Å². The Morgan fingerprint density at radius 3 is 2.68 bits per heavy atom. The molecule has 3 N–H and O–H groups in total. The number of nitrogens with one attached hydrogen (secondary N) is 1. The largest absolute Gasteiger partial charge is 0.495 e. The molecule has 0 saturated carbocycles. The third-order valence-electron chi connectivity index (χ3n) is 2.58. The summed E-state index contributed by atoms with van der Waals surface area (Å²) in [5.41, 5.74) is 6.55. The van der Waals surface area contributed by atoms with Crippen LogP contribution in [0.5, 0.6) is 5.75 Å². The minimum absolute atomic E-state index is 0. The molecule has 0 aliphatic carbocycles. The summed E-state index contributed by atoms with van der Waals surface area (Å²) in [4.78, 5) is 4.21. The highest BCUT2D eigenvalue weighted by atomic mass is 127. The number of nitrogens with two attached hydrogens (primary N) is 1. The Bertz CT molecular complexity index is 461. The van der Waals surface area contributed by atoms with Gasteiger partial charge in [-0.3, -0.25) is 4.99 Å². The highest BCUT2D eigenvalue weighted by Crippen LogP contribution is 2.26. The molecule has 0 fully saturated rings. The van der Waals surface area contributed by atoms with Gasteiger partial charge >= 0.3 is 0 Å². The lowest BCUT2D eigenvalue weighted by Crippen LogP contribution is -2.23. The number of rotatable bonds is 9. The van der Waals surface area contributed by atoms with Crippen molar-refractivity contribution in [3.8, 4) is 5.75 Å². The molecule has 0 unspecified atom stereocenters. The van der Waals surface area contributed by atoms with Crippen LogP contribution in [0.15, 0.2) is 23.2 Å². The Morgan fingerprint density at radius 2 is 2.05 bits per heavy atom.